The maximum Gasteiger partial charge on any atom is 0.371 e. The lowest BCUT2D eigenvalue weighted by Crippen LogP contribution is -2.52. The fourth-order valence-electron chi connectivity index (χ4n) is 7.94. The summed E-state index contributed by atoms with van der Waals surface area (Å²) in [5.41, 5.74) is 0. The van der Waals surface area contributed by atoms with E-state index in [1.54, 1.807) is 0 Å². The van der Waals surface area contributed by atoms with Crippen LogP contribution in [0, 0.1) is 0 Å². The van der Waals surface area contributed by atoms with E-state index in [4.69, 9.17) is 26.6 Å². The Morgan fingerprint density at radius 1 is 0.327 bits per heavy atom. The molecule has 0 amide bonds. The molecule has 0 spiro atoms. The van der Waals surface area contributed by atoms with Gasteiger partial charge >= 0.3 is 25.7 Å². The Labute approximate surface area is 322 Å². The van der Waals surface area contributed by atoms with E-state index in [1.807, 2.05) is 42.7 Å². The Bertz CT molecular complexity index is 1130. The molecule has 10 heteroatoms. The molecule has 0 aromatic heterocycles. The van der Waals surface area contributed by atoms with E-state index >= 15 is 0 Å². The van der Waals surface area contributed by atoms with Gasteiger partial charge in [-0.3, -0.25) is 0 Å². The van der Waals surface area contributed by atoms with Crippen molar-refractivity contribution in [3.63, 3.8) is 0 Å². The van der Waals surface area contributed by atoms with Crippen LogP contribution in [0.3, 0.4) is 0 Å². The van der Waals surface area contributed by atoms with Gasteiger partial charge in [-0.2, -0.15) is 0 Å². The number of hydrogen-bond donors (Lipinski definition) is 0. The van der Waals surface area contributed by atoms with Crippen LogP contribution in [0.15, 0.2) is 91.0 Å². The molecule has 52 heavy (non-hydrogen) atoms. The van der Waals surface area contributed by atoms with Crippen LogP contribution in [0.4, 0.5) is 0 Å². The fourth-order valence-corrected chi connectivity index (χ4v) is 19.7. The van der Waals surface area contributed by atoms with Gasteiger partial charge in [0, 0.05) is 51.5 Å². The summed E-state index contributed by atoms with van der Waals surface area (Å²) < 4.78 is 36.4. The van der Waals surface area contributed by atoms with E-state index in [-0.39, 0.29) is 0 Å². The second kappa shape index (κ2) is 25.4. The molecule has 0 radical (unpaired) electrons. The summed E-state index contributed by atoms with van der Waals surface area (Å²) in [5, 5.41) is 3.72. The van der Waals surface area contributed by atoms with Crippen LogP contribution in [0.2, 0.25) is 36.3 Å². The Kier molecular flexibility index (Phi) is 21.8. The first-order valence-corrected chi connectivity index (χ1v) is 28.5. The SMILES string of the molecule is CO[Si](CCCCCC[SiH](CCCCCC[Si](OC)(OC)c1ccccc1)CCCCCC[Si](OC)(OC)c1ccccc1)(OC)c1ccccc1. The summed E-state index contributed by atoms with van der Waals surface area (Å²) in [6, 6.07) is 39.3. The normalized spacial score (nSPS) is 12.5. The topological polar surface area (TPSA) is 55.4 Å². The number of rotatable bonds is 30. The highest BCUT2D eigenvalue weighted by Crippen LogP contribution is 2.24. The molecule has 0 saturated carbocycles. The fraction of sp³-hybridized carbons (Fsp3) is 0.571. The van der Waals surface area contributed by atoms with Crippen molar-refractivity contribution in [1.29, 1.82) is 0 Å². The zero-order chi connectivity index (χ0) is 37.4. The quantitative estimate of drug-likeness (QED) is 0.0498. The van der Waals surface area contributed by atoms with Crippen molar-refractivity contribution in [2.75, 3.05) is 42.7 Å². The first-order chi connectivity index (χ1) is 25.5. The highest BCUT2D eigenvalue weighted by molar-refractivity contribution is 6.82. The molecule has 0 bridgehead atoms. The van der Waals surface area contributed by atoms with Gasteiger partial charge in [0.1, 0.15) is 0 Å². The second-order valence-electron chi connectivity index (χ2n) is 14.3. The van der Waals surface area contributed by atoms with Gasteiger partial charge in [0.05, 0.1) is 0 Å². The van der Waals surface area contributed by atoms with Crippen LogP contribution in [-0.4, -0.2) is 77.1 Å². The van der Waals surface area contributed by atoms with Crippen molar-refractivity contribution < 1.29 is 26.6 Å². The maximum absolute atomic E-state index is 6.07. The smallest absolute Gasteiger partial charge is 0.371 e. The van der Waals surface area contributed by atoms with Crippen LogP contribution < -0.4 is 15.6 Å². The molecular formula is C42H70O6Si4. The van der Waals surface area contributed by atoms with E-state index in [0.29, 0.717) is 0 Å². The summed E-state index contributed by atoms with van der Waals surface area (Å²) in [6.07, 6.45) is 15.3. The van der Waals surface area contributed by atoms with Crippen LogP contribution in [0.1, 0.15) is 77.0 Å². The van der Waals surface area contributed by atoms with E-state index in [2.05, 4.69) is 91.0 Å². The summed E-state index contributed by atoms with van der Waals surface area (Å²) in [6.45, 7) is 0. The van der Waals surface area contributed by atoms with Crippen LogP contribution in [0.5, 0.6) is 0 Å². The predicted octanol–water partition coefficient (Wildman–Crippen LogP) is 8.82. The van der Waals surface area contributed by atoms with E-state index in [9.17, 15) is 0 Å². The summed E-state index contributed by atoms with van der Waals surface area (Å²) in [7, 11) is 3.11. The highest BCUT2D eigenvalue weighted by Gasteiger charge is 2.39. The highest BCUT2D eigenvalue weighted by atomic mass is 28.4. The lowest BCUT2D eigenvalue weighted by molar-refractivity contribution is 0.255. The Balaban J connectivity index is 1.45. The average molecular weight is 783 g/mol. The van der Waals surface area contributed by atoms with Gasteiger partial charge in [0.25, 0.3) is 0 Å². The van der Waals surface area contributed by atoms with E-state index in [0.717, 1.165) is 18.1 Å². The molecule has 0 atom stereocenters. The van der Waals surface area contributed by atoms with Gasteiger partial charge in [-0.05, 0) is 33.7 Å². The molecule has 0 aliphatic heterocycles. The number of hydrogen-bond acceptors (Lipinski definition) is 6. The lowest BCUT2D eigenvalue weighted by Gasteiger charge is -2.28. The molecular weight excluding hydrogens is 713 g/mol. The van der Waals surface area contributed by atoms with Gasteiger partial charge in [-0.1, -0.05) is 186 Å². The molecule has 0 N–H and O–H groups in total. The monoisotopic (exact) mass is 782 g/mol. The average Bonchev–Trinajstić information content (AvgIpc) is 3.21. The molecule has 0 heterocycles. The molecule has 0 unspecified atom stereocenters. The van der Waals surface area contributed by atoms with Crippen LogP contribution >= 0.6 is 0 Å². The Morgan fingerprint density at radius 2 is 0.558 bits per heavy atom. The zero-order valence-corrected chi connectivity index (χ0v) is 37.6. The molecule has 6 nitrogen and oxygen atoms in total. The van der Waals surface area contributed by atoms with E-state index < -0.39 is 34.5 Å². The number of unbranched alkanes of at least 4 members (excludes halogenated alkanes) is 9. The minimum atomic E-state index is -2.35. The van der Waals surface area contributed by atoms with Crippen LogP contribution in [0.25, 0.3) is 0 Å². The molecule has 0 aliphatic carbocycles. The Morgan fingerprint density at radius 3 is 0.788 bits per heavy atom. The standard InChI is InChI=1S/C42H70O6Si4/c1-43-50(44-2,40-28-16-13-17-29-40)37-25-10-7-22-34-49(35-23-8-11-26-38-51(45-3,46-4)41-30-18-14-19-31-41)36-24-9-12-27-39-52(47-5,48-6)42-32-20-15-21-33-42/h13-21,28-33,49H,7-12,22-27,34-39H2,1-6H3. The summed E-state index contributed by atoms with van der Waals surface area (Å²) in [4.78, 5) is 0. The minimum absolute atomic E-state index is 0.795. The van der Waals surface area contributed by atoms with Gasteiger partial charge < -0.3 is 26.6 Å². The van der Waals surface area contributed by atoms with Crippen molar-refractivity contribution in [3.8, 4) is 0 Å². The largest absolute Gasteiger partial charge is 0.394 e. The number of benzene rings is 3. The molecule has 0 aliphatic rings. The third-order valence-electron chi connectivity index (χ3n) is 11.2. The van der Waals surface area contributed by atoms with Crippen molar-refractivity contribution in [1.82, 2.24) is 0 Å². The minimum Gasteiger partial charge on any atom is -0.394 e. The molecule has 0 fully saturated rings. The summed E-state index contributed by atoms with van der Waals surface area (Å²) >= 11 is 0. The third-order valence-corrected chi connectivity index (χ3v) is 25.5. The molecule has 3 rings (SSSR count). The predicted molar refractivity (Wildman–Crippen MR) is 229 cm³/mol. The first kappa shape index (κ1) is 44.7. The molecule has 3 aromatic rings. The third kappa shape index (κ3) is 13.9. The lowest BCUT2D eigenvalue weighted by atomic mass is 10.2. The molecule has 290 valence electrons. The van der Waals surface area contributed by atoms with Gasteiger partial charge in [-0.15, -0.1) is 0 Å². The first-order valence-electron chi connectivity index (χ1n) is 19.9. The summed E-state index contributed by atoms with van der Waals surface area (Å²) in [5.74, 6) is 0. The van der Waals surface area contributed by atoms with Crippen LogP contribution in [-0.2, 0) is 26.6 Å². The van der Waals surface area contributed by atoms with Gasteiger partial charge in [0.15, 0.2) is 0 Å². The van der Waals surface area contributed by atoms with Gasteiger partial charge in [0.2, 0.25) is 0 Å². The zero-order valence-electron chi connectivity index (χ0n) is 33.4. The van der Waals surface area contributed by atoms with E-state index in [1.165, 1.54) is 111 Å². The van der Waals surface area contributed by atoms with Crippen molar-refractivity contribution >= 4 is 50.0 Å². The van der Waals surface area contributed by atoms with Crippen molar-refractivity contribution in [2.24, 2.45) is 0 Å². The maximum atomic E-state index is 6.07. The Hall–Kier alpha value is -1.71. The van der Waals surface area contributed by atoms with Gasteiger partial charge in [-0.25, -0.2) is 0 Å². The molecule has 0 saturated heterocycles. The van der Waals surface area contributed by atoms with Crippen molar-refractivity contribution in [2.45, 2.75) is 113 Å². The molecule has 3 aromatic carbocycles. The van der Waals surface area contributed by atoms with Crippen molar-refractivity contribution in [3.05, 3.63) is 91.0 Å². The second-order valence-corrected chi connectivity index (χ2v) is 28.0.